The van der Waals surface area contributed by atoms with Gasteiger partial charge in [-0.25, -0.2) is 0 Å². The van der Waals surface area contributed by atoms with Crippen molar-refractivity contribution in [1.29, 1.82) is 0 Å². The van der Waals surface area contributed by atoms with E-state index in [1.54, 1.807) is 6.08 Å². The van der Waals surface area contributed by atoms with Gasteiger partial charge in [0.1, 0.15) is 12.4 Å². The summed E-state index contributed by atoms with van der Waals surface area (Å²) in [5.74, 6) is 0.433. The molecule has 0 spiro atoms. The van der Waals surface area contributed by atoms with E-state index in [2.05, 4.69) is 15.9 Å². The number of rotatable bonds is 6. The number of hydrogen-bond donors (Lipinski definition) is 0. The summed E-state index contributed by atoms with van der Waals surface area (Å²) in [5, 5.41) is 0.420. The zero-order valence-electron chi connectivity index (χ0n) is 16.3. The number of carbonyl (C=O) groups is 2. The van der Waals surface area contributed by atoms with Crippen LogP contribution < -0.4 is 4.74 Å². The molecule has 0 atom stereocenters. The van der Waals surface area contributed by atoms with E-state index in [0.717, 1.165) is 32.9 Å². The zero-order chi connectivity index (χ0) is 21.8. The van der Waals surface area contributed by atoms with Gasteiger partial charge < -0.3 is 4.74 Å². The Morgan fingerprint density at radius 1 is 0.968 bits per heavy atom. The lowest BCUT2D eigenvalue weighted by Gasteiger charge is -2.13. The van der Waals surface area contributed by atoms with Crippen LogP contribution in [0.5, 0.6) is 5.75 Å². The third kappa shape index (κ3) is 5.39. The molecule has 31 heavy (non-hydrogen) atoms. The number of thioether (sulfide) groups is 1. The highest BCUT2D eigenvalue weighted by Gasteiger charge is 2.35. The van der Waals surface area contributed by atoms with Crippen molar-refractivity contribution in [3.05, 3.63) is 104 Å². The summed E-state index contributed by atoms with van der Waals surface area (Å²) in [4.78, 5) is 26.8. The Kier molecular flexibility index (Phi) is 6.80. The fourth-order valence-electron chi connectivity index (χ4n) is 2.99. The van der Waals surface area contributed by atoms with Crippen LogP contribution in [-0.4, -0.2) is 16.0 Å². The average Bonchev–Trinajstić information content (AvgIpc) is 3.03. The maximum atomic E-state index is 12.8. The number of nitrogens with zero attached hydrogens (tertiary/aromatic N) is 1. The van der Waals surface area contributed by atoms with E-state index in [4.69, 9.17) is 16.3 Å². The Bertz CT molecular complexity index is 1150. The zero-order valence-corrected chi connectivity index (χ0v) is 19.4. The van der Waals surface area contributed by atoms with E-state index >= 15 is 0 Å². The van der Waals surface area contributed by atoms with Gasteiger partial charge in [0.25, 0.3) is 11.1 Å². The first-order valence-electron chi connectivity index (χ1n) is 9.46. The fraction of sp³-hybridized carbons (Fsp3) is 0.0833. The van der Waals surface area contributed by atoms with Crippen LogP contribution >= 0.6 is 39.3 Å². The van der Waals surface area contributed by atoms with Gasteiger partial charge in [0.15, 0.2) is 0 Å². The van der Waals surface area contributed by atoms with Crippen LogP contribution in [0.2, 0.25) is 5.02 Å². The molecule has 0 saturated carbocycles. The molecule has 0 radical (unpaired) electrons. The molecule has 0 aromatic heterocycles. The Morgan fingerprint density at radius 3 is 2.39 bits per heavy atom. The molecule has 0 bridgehead atoms. The van der Waals surface area contributed by atoms with Crippen molar-refractivity contribution in [1.82, 2.24) is 4.90 Å². The SMILES string of the molecule is O=C1S/C(=C\c2ccc(OCc3ccc(Cl)cc3)cc2)C(=O)N1Cc1ccccc1Br. The van der Waals surface area contributed by atoms with Crippen LogP contribution in [0, 0.1) is 0 Å². The van der Waals surface area contributed by atoms with Gasteiger partial charge in [-0.1, -0.05) is 70.0 Å². The minimum atomic E-state index is -0.284. The third-order valence-electron chi connectivity index (χ3n) is 4.66. The first-order chi connectivity index (χ1) is 15.0. The standard InChI is InChI=1S/C24H17BrClNO3S/c25-21-4-2-1-3-18(21)14-27-23(28)22(31-24(27)29)13-16-7-11-20(12-8-16)30-15-17-5-9-19(26)10-6-17/h1-13H,14-15H2/b22-13-. The van der Waals surface area contributed by atoms with Crippen molar-refractivity contribution in [2.24, 2.45) is 0 Å². The van der Waals surface area contributed by atoms with Crippen LogP contribution in [0.1, 0.15) is 16.7 Å². The van der Waals surface area contributed by atoms with E-state index in [1.807, 2.05) is 72.8 Å². The molecule has 0 N–H and O–H groups in total. The van der Waals surface area contributed by atoms with Gasteiger partial charge in [0.2, 0.25) is 0 Å². The van der Waals surface area contributed by atoms with Crippen LogP contribution in [0.4, 0.5) is 4.79 Å². The number of amides is 2. The first-order valence-corrected chi connectivity index (χ1v) is 11.4. The quantitative estimate of drug-likeness (QED) is 0.335. The van der Waals surface area contributed by atoms with Crippen LogP contribution in [0.3, 0.4) is 0 Å². The molecule has 4 rings (SSSR count). The van der Waals surface area contributed by atoms with Gasteiger partial charge in [-0.3, -0.25) is 14.5 Å². The van der Waals surface area contributed by atoms with E-state index in [-0.39, 0.29) is 17.7 Å². The molecule has 0 aliphatic carbocycles. The maximum absolute atomic E-state index is 12.8. The van der Waals surface area contributed by atoms with Gasteiger partial charge in [-0.15, -0.1) is 0 Å². The van der Waals surface area contributed by atoms with Crippen molar-refractivity contribution in [3.63, 3.8) is 0 Å². The second kappa shape index (κ2) is 9.73. The molecule has 7 heteroatoms. The molecule has 0 unspecified atom stereocenters. The molecule has 156 valence electrons. The Labute approximate surface area is 198 Å². The third-order valence-corrected chi connectivity index (χ3v) is 6.59. The lowest BCUT2D eigenvalue weighted by molar-refractivity contribution is -0.123. The summed E-state index contributed by atoms with van der Waals surface area (Å²) in [6.45, 7) is 0.672. The molecule has 4 nitrogen and oxygen atoms in total. The smallest absolute Gasteiger partial charge is 0.293 e. The minimum absolute atomic E-state index is 0.237. The number of halogens is 2. The van der Waals surface area contributed by atoms with Crippen molar-refractivity contribution in [2.75, 3.05) is 0 Å². The summed E-state index contributed by atoms with van der Waals surface area (Å²) in [6.07, 6.45) is 1.73. The maximum Gasteiger partial charge on any atom is 0.293 e. The number of benzene rings is 3. The molecule has 1 aliphatic rings. The van der Waals surface area contributed by atoms with Gasteiger partial charge in [0.05, 0.1) is 11.4 Å². The average molecular weight is 515 g/mol. The summed E-state index contributed by atoms with van der Waals surface area (Å²) >= 11 is 10.3. The summed E-state index contributed by atoms with van der Waals surface area (Å²) in [5.41, 5.74) is 2.73. The molecule has 3 aromatic rings. The van der Waals surface area contributed by atoms with Crippen molar-refractivity contribution in [2.45, 2.75) is 13.2 Å². The lowest BCUT2D eigenvalue weighted by Crippen LogP contribution is -2.27. The number of carbonyl (C=O) groups excluding carboxylic acids is 2. The van der Waals surface area contributed by atoms with E-state index in [9.17, 15) is 9.59 Å². The second-order valence-electron chi connectivity index (χ2n) is 6.84. The molecule has 1 saturated heterocycles. The Hall–Kier alpha value is -2.54. The summed E-state index contributed by atoms with van der Waals surface area (Å²) in [6, 6.07) is 22.4. The van der Waals surface area contributed by atoms with E-state index in [0.29, 0.717) is 22.3 Å². The molecule has 1 fully saturated rings. The highest BCUT2D eigenvalue weighted by Crippen LogP contribution is 2.34. The van der Waals surface area contributed by atoms with Crippen molar-refractivity contribution >= 4 is 56.5 Å². The Balaban J connectivity index is 1.41. The first kappa shape index (κ1) is 21.7. The molecule has 1 aliphatic heterocycles. The summed E-state index contributed by atoms with van der Waals surface area (Å²) < 4.78 is 6.65. The fourth-order valence-corrected chi connectivity index (χ4v) is 4.37. The number of ether oxygens (including phenoxy) is 1. The number of imide groups is 1. The normalized spacial score (nSPS) is 15.0. The highest BCUT2D eigenvalue weighted by atomic mass is 79.9. The van der Waals surface area contributed by atoms with E-state index < -0.39 is 0 Å². The molecule has 3 aromatic carbocycles. The Morgan fingerprint density at radius 2 is 1.68 bits per heavy atom. The van der Waals surface area contributed by atoms with E-state index in [1.165, 1.54) is 4.90 Å². The van der Waals surface area contributed by atoms with Crippen LogP contribution in [0.15, 0.2) is 82.2 Å². The summed E-state index contributed by atoms with van der Waals surface area (Å²) in [7, 11) is 0. The predicted octanol–water partition coefficient (Wildman–Crippen LogP) is 6.92. The molecule has 1 heterocycles. The van der Waals surface area contributed by atoms with Crippen LogP contribution in [-0.2, 0) is 17.9 Å². The molecular weight excluding hydrogens is 498 g/mol. The van der Waals surface area contributed by atoms with Gasteiger partial charge >= 0.3 is 0 Å². The molecular formula is C24H17BrClNO3S. The monoisotopic (exact) mass is 513 g/mol. The topological polar surface area (TPSA) is 46.6 Å². The van der Waals surface area contributed by atoms with Gasteiger partial charge in [-0.2, -0.15) is 0 Å². The second-order valence-corrected chi connectivity index (χ2v) is 9.13. The predicted molar refractivity (Wildman–Crippen MR) is 128 cm³/mol. The molecule has 2 amide bonds. The van der Waals surface area contributed by atoms with Crippen LogP contribution in [0.25, 0.3) is 6.08 Å². The largest absolute Gasteiger partial charge is 0.489 e. The van der Waals surface area contributed by atoms with Gasteiger partial charge in [0, 0.05) is 9.50 Å². The highest BCUT2D eigenvalue weighted by molar-refractivity contribution is 9.10. The van der Waals surface area contributed by atoms with Gasteiger partial charge in [-0.05, 0) is 64.9 Å². The minimum Gasteiger partial charge on any atom is -0.489 e. The lowest BCUT2D eigenvalue weighted by atomic mass is 10.2. The number of hydrogen-bond acceptors (Lipinski definition) is 4. The van der Waals surface area contributed by atoms with Crippen molar-refractivity contribution in [3.8, 4) is 5.75 Å². The van der Waals surface area contributed by atoms with Crippen molar-refractivity contribution < 1.29 is 14.3 Å².